The van der Waals surface area contributed by atoms with Crippen LogP contribution in [0.5, 0.6) is 0 Å². The predicted molar refractivity (Wildman–Crippen MR) is 61.7 cm³/mol. The van der Waals surface area contributed by atoms with Crippen LogP contribution in [0.1, 0.15) is 5.56 Å². The van der Waals surface area contributed by atoms with Crippen LogP contribution in [0, 0.1) is 17.1 Å². The van der Waals surface area contributed by atoms with Crippen LogP contribution in [-0.2, 0) is 0 Å². The van der Waals surface area contributed by atoms with Gasteiger partial charge in [-0.1, -0.05) is 0 Å². The molecule has 0 amide bonds. The summed E-state index contributed by atoms with van der Waals surface area (Å²) in [6, 6.07) is 5.98. The lowest BCUT2D eigenvalue weighted by Gasteiger charge is -2.04. The summed E-state index contributed by atoms with van der Waals surface area (Å²) in [5, 5.41) is 11.6. The van der Waals surface area contributed by atoms with E-state index in [4.69, 9.17) is 5.26 Å². The van der Waals surface area contributed by atoms with E-state index in [9.17, 15) is 4.39 Å². The Kier molecular flexibility index (Phi) is 2.97. The highest BCUT2D eigenvalue weighted by Crippen LogP contribution is 2.20. The molecule has 0 spiro atoms. The first kappa shape index (κ1) is 11.0. The average molecular weight is 228 g/mol. The molecule has 0 bridgehead atoms. The van der Waals surface area contributed by atoms with Gasteiger partial charge in [0.1, 0.15) is 11.6 Å². The first-order chi connectivity index (χ1) is 8.22. The van der Waals surface area contributed by atoms with Crippen LogP contribution >= 0.6 is 0 Å². The lowest BCUT2D eigenvalue weighted by molar-refractivity contribution is 0.628. The molecule has 0 saturated carbocycles. The van der Waals surface area contributed by atoms with E-state index in [0.717, 1.165) is 0 Å². The summed E-state index contributed by atoms with van der Waals surface area (Å²) in [7, 11) is 1.72. The van der Waals surface area contributed by atoms with Gasteiger partial charge in [-0.3, -0.25) is 4.98 Å². The lowest BCUT2D eigenvalue weighted by atomic mass is 10.1. The molecule has 1 aromatic heterocycles. The molecular weight excluding hydrogens is 219 g/mol. The van der Waals surface area contributed by atoms with E-state index >= 15 is 0 Å². The highest BCUT2D eigenvalue weighted by molar-refractivity contribution is 5.62. The molecule has 4 nitrogen and oxygen atoms in total. The summed E-state index contributed by atoms with van der Waals surface area (Å²) in [5.74, 6) is 0.126. The van der Waals surface area contributed by atoms with Gasteiger partial charge in [-0.25, -0.2) is 9.37 Å². The van der Waals surface area contributed by atoms with Crippen molar-refractivity contribution < 1.29 is 4.39 Å². The van der Waals surface area contributed by atoms with Crippen molar-refractivity contribution in [3.63, 3.8) is 0 Å². The minimum atomic E-state index is -0.462. The topological polar surface area (TPSA) is 61.6 Å². The molecule has 0 unspecified atom stereocenters. The van der Waals surface area contributed by atoms with E-state index in [1.165, 1.54) is 18.3 Å². The molecule has 2 rings (SSSR count). The predicted octanol–water partition coefficient (Wildman–Crippen LogP) is 2.20. The fourth-order valence-electron chi connectivity index (χ4n) is 1.43. The minimum absolute atomic E-state index is 0.261. The molecule has 84 valence electrons. The molecule has 0 radical (unpaired) electrons. The summed E-state index contributed by atoms with van der Waals surface area (Å²) in [5.41, 5.74) is 1.32. The van der Waals surface area contributed by atoms with E-state index in [1.807, 2.05) is 6.07 Å². The smallest absolute Gasteiger partial charge is 0.144 e. The maximum absolute atomic E-state index is 13.3. The fourth-order valence-corrected chi connectivity index (χ4v) is 1.43. The van der Waals surface area contributed by atoms with Crippen LogP contribution in [0.25, 0.3) is 11.3 Å². The van der Waals surface area contributed by atoms with Crippen molar-refractivity contribution in [1.82, 2.24) is 9.97 Å². The first-order valence-corrected chi connectivity index (χ1v) is 4.94. The maximum atomic E-state index is 13.3. The maximum Gasteiger partial charge on any atom is 0.144 e. The summed E-state index contributed by atoms with van der Waals surface area (Å²) < 4.78 is 13.3. The van der Waals surface area contributed by atoms with Gasteiger partial charge in [0, 0.05) is 12.6 Å². The third-order valence-corrected chi connectivity index (χ3v) is 2.21. The van der Waals surface area contributed by atoms with Crippen LogP contribution < -0.4 is 5.32 Å². The van der Waals surface area contributed by atoms with Crippen LogP contribution in [0.4, 0.5) is 10.2 Å². The molecule has 0 saturated heterocycles. The molecule has 0 aliphatic carbocycles. The van der Waals surface area contributed by atoms with Crippen molar-refractivity contribution in [3.05, 3.63) is 42.0 Å². The second-order valence-corrected chi connectivity index (χ2v) is 3.38. The molecule has 0 aliphatic rings. The molecule has 0 atom stereocenters. The van der Waals surface area contributed by atoms with Crippen LogP contribution in [0.2, 0.25) is 0 Å². The number of hydrogen-bond donors (Lipinski definition) is 1. The zero-order valence-corrected chi connectivity index (χ0v) is 9.11. The number of halogens is 1. The summed E-state index contributed by atoms with van der Waals surface area (Å²) in [4.78, 5) is 8.21. The van der Waals surface area contributed by atoms with Gasteiger partial charge < -0.3 is 5.32 Å². The van der Waals surface area contributed by atoms with E-state index in [2.05, 4.69) is 15.3 Å². The monoisotopic (exact) mass is 228 g/mol. The van der Waals surface area contributed by atoms with Gasteiger partial charge in [0.2, 0.25) is 0 Å². The molecule has 1 aromatic carbocycles. The van der Waals surface area contributed by atoms with Crippen molar-refractivity contribution in [2.75, 3.05) is 12.4 Å². The van der Waals surface area contributed by atoms with E-state index in [0.29, 0.717) is 17.1 Å². The largest absolute Gasteiger partial charge is 0.372 e. The van der Waals surface area contributed by atoms with Crippen LogP contribution in [-0.4, -0.2) is 17.0 Å². The van der Waals surface area contributed by atoms with Crippen molar-refractivity contribution in [2.45, 2.75) is 0 Å². The van der Waals surface area contributed by atoms with Crippen molar-refractivity contribution in [3.8, 4) is 17.3 Å². The zero-order valence-electron chi connectivity index (χ0n) is 9.11. The summed E-state index contributed by atoms with van der Waals surface area (Å²) in [6.45, 7) is 0. The molecule has 2 aromatic rings. The van der Waals surface area contributed by atoms with Crippen molar-refractivity contribution in [1.29, 1.82) is 5.26 Å². The summed E-state index contributed by atoms with van der Waals surface area (Å²) in [6.07, 6.45) is 3.09. The highest BCUT2D eigenvalue weighted by atomic mass is 19.1. The Morgan fingerprint density at radius 2 is 2.12 bits per heavy atom. The quantitative estimate of drug-likeness (QED) is 0.855. The van der Waals surface area contributed by atoms with Crippen LogP contribution in [0.15, 0.2) is 30.6 Å². The number of benzene rings is 1. The molecule has 0 aliphatic heterocycles. The molecule has 1 heterocycles. The van der Waals surface area contributed by atoms with E-state index < -0.39 is 5.82 Å². The van der Waals surface area contributed by atoms with Gasteiger partial charge in [-0.2, -0.15) is 5.26 Å². The number of rotatable bonds is 2. The van der Waals surface area contributed by atoms with Crippen LogP contribution in [0.3, 0.4) is 0 Å². The fraction of sp³-hybridized carbons (Fsp3) is 0.0833. The van der Waals surface area contributed by atoms with Crippen molar-refractivity contribution >= 4 is 5.82 Å². The Morgan fingerprint density at radius 1 is 1.29 bits per heavy atom. The Balaban J connectivity index is 2.52. The van der Waals surface area contributed by atoms with Gasteiger partial charge in [-0.15, -0.1) is 0 Å². The highest BCUT2D eigenvalue weighted by Gasteiger charge is 2.05. The number of nitriles is 1. The van der Waals surface area contributed by atoms with Gasteiger partial charge in [0.15, 0.2) is 0 Å². The number of aromatic nitrogens is 2. The Bertz CT molecular complexity index is 589. The number of anilines is 1. The minimum Gasteiger partial charge on any atom is -0.372 e. The van der Waals surface area contributed by atoms with Crippen molar-refractivity contribution in [2.24, 2.45) is 0 Å². The third kappa shape index (κ3) is 2.37. The lowest BCUT2D eigenvalue weighted by Crippen LogP contribution is -1.95. The van der Waals surface area contributed by atoms with Gasteiger partial charge >= 0.3 is 0 Å². The number of nitrogens with one attached hydrogen (secondary N) is 1. The normalized spacial score (nSPS) is 9.71. The first-order valence-electron chi connectivity index (χ1n) is 4.94. The van der Waals surface area contributed by atoms with Gasteiger partial charge in [0.25, 0.3) is 0 Å². The van der Waals surface area contributed by atoms with E-state index in [-0.39, 0.29) is 5.56 Å². The summed E-state index contributed by atoms with van der Waals surface area (Å²) >= 11 is 0. The molecule has 5 heteroatoms. The zero-order chi connectivity index (χ0) is 12.3. The molecule has 1 N–H and O–H groups in total. The van der Waals surface area contributed by atoms with Gasteiger partial charge in [-0.05, 0) is 18.2 Å². The molecule has 0 fully saturated rings. The van der Waals surface area contributed by atoms with E-state index in [1.54, 1.807) is 19.3 Å². The number of nitrogens with zero attached hydrogens (tertiary/aromatic N) is 3. The Hall–Kier alpha value is -2.48. The number of hydrogen-bond acceptors (Lipinski definition) is 4. The standard InChI is InChI=1S/C12H9FN4/c1-15-12-7-16-6-11(17-12)9-2-8(5-14)3-10(13)4-9/h2-4,6-7H,1H3,(H,15,17). The molecule has 17 heavy (non-hydrogen) atoms. The van der Waals surface area contributed by atoms with Gasteiger partial charge in [0.05, 0.1) is 29.7 Å². The molecular formula is C12H9FN4. The average Bonchev–Trinajstić information content (AvgIpc) is 2.38. The SMILES string of the molecule is CNc1cncc(-c2cc(F)cc(C#N)c2)n1. The second kappa shape index (κ2) is 4.58. The Morgan fingerprint density at radius 3 is 2.82 bits per heavy atom. The third-order valence-electron chi connectivity index (χ3n) is 2.21. The second-order valence-electron chi connectivity index (χ2n) is 3.38. The Labute approximate surface area is 97.8 Å².